The van der Waals surface area contributed by atoms with Crippen molar-refractivity contribution in [1.29, 1.82) is 0 Å². The van der Waals surface area contributed by atoms with E-state index in [1.54, 1.807) is 7.05 Å². The van der Waals surface area contributed by atoms with Crippen LogP contribution in [0.25, 0.3) is 0 Å². The van der Waals surface area contributed by atoms with Gasteiger partial charge in [-0.05, 0) is 7.05 Å². The van der Waals surface area contributed by atoms with Gasteiger partial charge in [0, 0.05) is 11.5 Å². The van der Waals surface area contributed by atoms with Gasteiger partial charge in [0.2, 0.25) is 0 Å². The van der Waals surface area contributed by atoms with Crippen LogP contribution in [0, 0.1) is 0 Å². The molecule has 0 heterocycles. The number of carboxylic acids is 1. The van der Waals surface area contributed by atoms with Crippen LogP contribution in [0.5, 0.6) is 0 Å². The topological polar surface area (TPSA) is 92.4 Å². The fraction of sp³-hybridized carbons (Fsp3) is 0.714. The molecule has 4 N–H and O–H groups in total. The van der Waals surface area contributed by atoms with E-state index in [4.69, 9.17) is 10.8 Å². The maximum atomic E-state index is 10.3. The molecule has 0 aromatic heterocycles. The third kappa shape index (κ3) is 5.62. The van der Waals surface area contributed by atoms with Crippen LogP contribution >= 0.6 is 11.8 Å². The van der Waals surface area contributed by atoms with Crippen LogP contribution in [-0.4, -0.2) is 48.0 Å². The van der Waals surface area contributed by atoms with Crippen molar-refractivity contribution in [2.45, 2.75) is 12.1 Å². The van der Waals surface area contributed by atoms with Crippen molar-refractivity contribution in [3.05, 3.63) is 0 Å². The first-order valence-corrected chi connectivity index (χ1v) is 4.96. The van der Waals surface area contributed by atoms with Crippen molar-refractivity contribution in [2.24, 2.45) is 5.73 Å². The number of thioether (sulfide) groups is 1. The van der Waals surface area contributed by atoms with Gasteiger partial charge in [-0.2, -0.15) is 11.8 Å². The number of carbonyl (C=O) groups excluding carboxylic acids is 1. The Hall–Kier alpha value is -0.590. The number of carbonyl (C=O) groups is 2. The van der Waals surface area contributed by atoms with Crippen LogP contribution < -0.4 is 11.1 Å². The normalized spacial score (nSPS) is 14.9. The molecule has 0 aliphatic carbocycles. The fourth-order valence-electron chi connectivity index (χ4n) is 0.584. The monoisotopic (exact) mass is 206 g/mol. The lowest BCUT2D eigenvalue weighted by Gasteiger charge is -2.09. The lowest BCUT2D eigenvalue weighted by molar-refractivity contribution is -0.137. The highest BCUT2D eigenvalue weighted by molar-refractivity contribution is 7.99. The van der Waals surface area contributed by atoms with Gasteiger partial charge >= 0.3 is 5.97 Å². The number of carboxylic acid groups (broad SMARTS) is 1. The number of nitrogens with one attached hydrogen (secondary N) is 1. The predicted molar refractivity (Wildman–Crippen MR) is 51.8 cm³/mol. The van der Waals surface area contributed by atoms with E-state index >= 15 is 0 Å². The second-order valence-electron chi connectivity index (χ2n) is 2.51. The van der Waals surface area contributed by atoms with E-state index in [1.165, 1.54) is 11.8 Å². The van der Waals surface area contributed by atoms with Crippen LogP contribution in [0.4, 0.5) is 0 Å². The zero-order valence-electron chi connectivity index (χ0n) is 7.40. The second-order valence-corrected chi connectivity index (χ2v) is 3.59. The fourth-order valence-corrected chi connectivity index (χ4v) is 1.62. The number of aliphatic carboxylic acids is 1. The van der Waals surface area contributed by atoms with Crippen LogP contribution in [-0.2, 0) is 9.59 Å². The van der Waals surface area contributed by atoms with Gasteiger partial charge in [-0.3, -0.25) is 4.79 Å². The molecule has 0 bridgehead atoms. The third-order valence-corrected chi connectivity index (χ3v) is 2.64. The number of aldehydes is 1. The van der Waals surface area contributed by atoms with E-state index in [0.29, 0.717) is 11.5 Å². The molecule has 0 aliphatic heterocycles. The molecule has 13 heavy (non-hydrogen) atoms. The first kappa shape index (κ1) is 12.4. The minimum atomic E-state index is -1.01. The summed E-state index contributed by atoms with van der Waals surface area (Å²) in [5.41, 5.74) is 5.26. The summed E-state index contributed by atoms with van der Waals surface area (Å²) in [7, 11) is 1.68. The summed E-state index contributed by atoms with van der Waals surface area (Å²) in [6, 6.07) is -1.08. The summed E-state index contributed by atoms with van der Waals surface area (Å²) >= 11 is 1.35. The SMILES string of the molecule is CNC(C=O)CSCC(N)C(=O)O. The zero-order chi connectivity index (χ0) is 10.3. The largest absolute Gasteiger partial charge is 0.480 e. The van der Waals surface area contributed by atoms with E-state index in [2.05, 4.69) is 5.32 Å². The molecular weight excluding hydrogens is 192 g/mol. The Morgan fingerprint density at radius 1 is 1.69 bits per heavy atom. The standard InChI is InChI=1S/C7H14N2O3S/c1-9-5(2-10)3-13-4-6(8)7(11)12/h2,5-6,9H,3-4,8H2,1H3,(H,11,12). The number of hydrogen-bond donors (Lipinski definition) is 3. The van der Waals surface area contributed by atoms with E-state index < -0.39 is 12.0 Å². The summed E-state index contributed by atoms with van der Waals surface area (Å²) in [6.07, 6.45) is 0.791. The molecule has 76 valence electrons. The van der Waals surface area contributed by atoms with Gasteiger partial charge in [0.25, 0.3) is 0 Å². The molecule has 2 unspecified atom stereocenters. The maximum absolute atomic E-state index is 10.3. The Labute approximate surface area is 81.1 Å². The third-order valence-electron chi connectivity index (χ3n) is 1.45. The highest BCUT2D eigenvalue weighted by Gasteiger charge is 2.12. The first-order valence-electron chi connectivity index (χ1n) is 3.80. The molecular formula is C7H14N2O3S. The predicted octanol–water partition coefficient (Wildman–Crippen LogP) is -1.08. The highest BCUT2D eigenvalue weighted by Crippen LogP contribution is 2.03. The minimum absolute atomic E-state index is 0.231. The molecule has 0 rings (SSSR count). The van der Waals surface area contributed by atoms with Gasteiger partial charge in [0.1, 0.15) is 12.3 Å². The summed E-state index contributed by atoms with van der Waals surface area (Å²) in [4.78, 5) is 20.6. The molecule has 0 aromatic carbocycles. The Bertz CT molecular complexity index is 175. The number of hydrogen-bond acceptors (Lipinski definition) is 5. The number of rotatable bonds is 7. The molecule has 0 aromatic rings. The number of nitrogens with two attached hydrogens (primary N) is 1. The molecule has 0 saturated heterocycles. The van der Waals surface area contributed by atoms with Crippen LogP contribution in [0.1, 0.15) is 0 Å². The van der Waals surface area contributed by atoms with Crippen molar-refractivity contribution in [2.75, 3.05) is 18.6 Å². The van der Waals surface area contributed by atoms with Crippen molar-refractivity contribution in [3.8, 4) is 0 Å². The second kappa shape index (κ2) is 6.88. The Morgan fingerprint density at radius 2 is 2.31 bits per heavy atom. The van der Waals surface area contributed by atoms with Crippen molar-refractivity contribution in [3.63, 3.8) is 0 Å². The van der Waals surface area contributed by atoms with Crippen molar-refractivity contribution >= 4 is 24.0 Å². The number of likely N-dealkylation sites (N-methyl/N-ethyl adjacent to an activating group) is 1. The summed E-state index contributed by atoms with van der Waals surface area (Å²) in [5, 5.41) is 11.2. The lowest BCUT2D eigenvalue weighted by Crippen LogP contribution is -2.34. The van der Waals surface area contributed by atoms with Gasteiger partial charge in [0.15, 0.2) is 0 Å². The molecule has 6 heteroatoms. The van der Waals surface area contributed by atoms with E-state index in [-0.39, 0.29) is 6.04 Å². The lowest BCUT2D eigenvalue weighted by atomic mass is 10.4. The van der Waals surface area contributed by atoms with Crippen molar-refractivity contribution < 1.29 is 14.7 Å². The molecule has 0 radical (unpaired) electrons. The first-order chi connectivity index (χ1) is 6.11. The smallest absolute Gasteiger partial charge is 0.321 e. The van der Waals surface area contributed by atoms with Crippen molar-refractivity contribution in [1.82, 2.24) is 5.32 Å². The Morgan fingerprint density at radius 3 is 2.69 bits per heavy atom. The van der Waals surface area contributed by atoms with Gasteiger partial charge in [-0.15, -0.1) is 0 Å². The van der Waals surface area contributed by atoms with Gasteiger partial charge < -0.3 is 21.0 Å². The molecule has 2 atom stereocenters. The van der Waals surface area contributed by atoms with E-state index in [0.717, 1.165) is 6.29 Å². The molecule has 0 saturated carbocycles. The maximum Gasteiger partial charge on any atom is 0.321 e. The molecule has 0 fully saturated rings. The summed E-state index contributed by atoms with van der Waals surface area (Å²) in [5.74, 6) is -0.151. The average Bonchev–Trinajstić information content (AvgIpc) is 2.12. The molecule has 0 aliphatic rings. The Balaban J connectivity index is 3.54. The van der Waals surface area contributed by atoms with Gasteiger partial charge in [0.05, 0.1) is 6.04 Å². The minimum Gasteiger partial charge on any atom is -0.480 e. The van der Waals surface area contributed by atoms with Gasteiger partial charge in [-0.1, -0.05) is 0 Å². The van der Waals surface area contributed by atoms with Crippen LogP contribution in [0.2, 0.25) is 0 Å². The quantitative estimate of drug-likeness (QED) is 0.459. The highest BCUT2D eigenvalue weighted by atomic mass is 32.2. The molecule has 0 spiro atoms. The Kier molecular flexibility index (Phi) is 6.56. The van der Waals surface area contributed by atoms with E-state index in [1.807, 2.05) is 0 Å². The van der Waals surface area contributed by atoms with Crippen LogP contribution in [0.3, 0.4) is 0 Å². The molecule has 0 amide bonds. The summed E-state index contributed by atoms with van der Waals surface area (Å²) < 4.78 is 0. The van der Waals surface area contributed by atoms with Crippen LogP contribution in [0.15, 0.2) is 0 Å². The van der Waals surface area contributed by atoms with E-state index in [9.17, 15) is 9.59 Å². The average molecular weight is 206 g/mol. The van der Waals surface area contributed by atoms with Gasteiger partial charge in [-0.25, -0.2) is 0 Å². The zero-order valence-corrected chi connectivity index (χ0v) is 8.21. The molecule has 5 nitrogen and oxygen atoms in total. The summed E-state index contributed by atoms with van der Waals surface area (Å²) in [6.45, 7) is 0.